The Bertz CT molecular complexity index is 368. The molecule has 0 bridgehead atoms. The first-order chi connectivity index (χ1) is 9.26. The summed E-state index contributed by atoms with van der Waals surface area (Å²) in [6, 6.07) is 10.4. The van der Waals surface area contributed by atoms with Gasteiger partial charge in [-0.1, -0.05) is 35.5 Å². The van der Waals surface area contributed by atoms with Crippen molar-refractivity contribution in [3.05, 3.63) is 35.9 Å². The maximum absolute atomic E-state index is 8.55. The fraction of sp³-hybridized carbons (Fsp3) is 0.500. The zero-order valence-electron chi connectivity index (χ0n) is 11.5. The van der Waals surface area contributed by atoms with Crippen LogP contribution in [0.15, 0.2) is 35.5 Å². The third-order valence-electron chi connectivity index (χ3n) is 2.98. The molecule has 5 heteroatoms. The third-order valence-corrected chi connectivity index (χ3v) is 2.98. The number of amidine groups is 1. The molecule has 0 aromatic heterocycles. The molecule has 0 aliphatic rings. The highest BCUT2D eigenvalue weighted by Crippen LogP contribution is 2.02. The second kappa shape index (κ2) is 9.35. The molecule has 0 fully saturated rings. The fourth-order valence-corrected chi connectivity index (χ4v) is 1.81. The Balaban J connectivity index is 2.40. The number of hydrogen-bond acceptors (Lipinski definition) is 4. The molecule has 0 aliphatic heterocycles. The molecule has 5 nitrogen and oxygen atoms in total. The summed E-state index contributed by atoms with van der Waals surface area (Å²) >= 11 is 0. The van der Waals surface area contributed by atoms with E-state index in [2.05, 4.69) is 22.2 Å². The molecular formula is C14H23N3O2. The normalized spacial score (nSPS) is 12.0. The van der Waals surface area contributed by atoms with E-state index in [0.29, 0.717) is 13.0 Å². The van der Waals surface area contributed by atoms with Gasteiger partial charge in [-0.3, -0.25) is 0 Å². The fourth-order valence-electron chi connectivity index (χ4n) is 1.81. The summed E-state index contributed by atoms with van der Waals surface area (Å²) in [6.07, 6.45) is 1.55. The van der Waals surface area contributed by atoms with Crippen molar-refractivity contribution in [2.75, 3.05) is 33.4 Å². The van der Waals surface area contributed by atoms with Crippen LogP contribution in [-0.2, 0) is 11.2 Å². The van der Waals surface area contributed by atoms with Gasteiger partial charge in [-0.15, -0.1) is 0 Å². The first kappa shape index (κ1) is 15.5. The van der Waals surface area contributed by atoms with E-state index >= 15 is 0 Å². The Kier molecular flexibility index (Phi) is 7.62. The first-order valence-electron chi connectivity index (χ1n) is 6.48. The number of nitrogens with two attached hydrogens (primary N) is 1. The molecule has 0 radical (unpaired) electrons. The summed E-state index contributed by atoms with van der Waals surface area (Å²) in [5.41, 5.74) is 6.81. The lowest BCUT2D eigenvalue weighted by atomic mass is 10.1. The molecule has 0 amide bonds. The molecule has 106 valence electrons. The van der Waals surface area contributed by atoms with Gasteiger partial charge in [0, 0.05) is 33.2 Å². The van der Waals surface area contributed by atoms with Gasteiger partial charge in [-0.2, -0.15) is 0 Å². The van der Waals surface area contributed by atoms with E-state index in [1.807, 2.05) is 18.2 Å². The Morgan fingerprint density at radius 1 is 1.26 bits per heavy atom. The van der Waals surface area contributed by atoms with Gasteiger partial charge in [-0.05, 0) is 12.0 Å². The van der Waals surface area contributed by atoms with E-state index < -0.39 is 0 Å². The molecule has 0 spiro atoms. The summed E-state index contributed by atoms with van der Waals surface area (Å²) in [6.45, 7) is 3.24. The number of rotatable bonds is 9. The van der Waals surface area contributed by atoms with Gasteiger partial charge in [0.15, 0.2) is 0 Å². The van der Waals surface area contributed by atoms with Gasteiger partial charge in [0.1, 0.15) is 5.84 Å². The van der Waals surface area contributed by atoms with Crippen molar-refractivity contribution in [1.29, 1.82) is 0 Å². The highest BCUT2D eigenvalue weighted by atomic mass is 16.5. The van der Waals surface area contributed by atoms with Crippen molar-refractivity contribution in [2.45, 2.75) is 12.8 Å². The molecule has 0 heterocycles. The van der Waals surface area contributed by atoms with E-state index in [0.717, 1.165) is 26.1 Å². The zero-order chi connectivity index (χ0) is 13.9. The van der Waals surface area contributed by atoms with Crippen molar-refractivity contribution >= 4 is 5.84 Å². The molecule has 0 aliphatic carbocycles. The van der Waals surface area contributed by atoms with Gasteiger partial charge < -0.3 is 20.6 Å². The first-order valence-corrected chi connectivity index (χ1v) is 6.48. The van der Waals surface area contributed by atoms with Crippen molar-refractivity contribution in [3.8, 4) is 0 Å². The van der Waals surface area contributed by atoms with Crippen molar-refractivity contribution in [1.82, 2.24) is 4.90 Å². The van der Waals surface area contributed by atoms with Crippen LogP contribution in [0.1, 0.15) is 12.0 Å². The van der Waals surface area contributed by atoms with E-state index in [4.69, 9.17) is 15.7 Å². The van der Waals surface area contributed by atoms with Gasteiger partial charge >= 0.3 is 0 Å². The van der Waals surface area contributed by atoms with Crippen LogP contribution in [0.3, 0.4) is 0 Å². The van der Waals surface area contributed by atoms with Crippen LogP contribution in [-0.4, -0.2) is 49.3 Å². The number of methoxy groups -OCH3 is 1. The Morgan fingerprint density at radius 3 is 2.63 bits per heavy atom. The minimum absolute atomic E-state index is 0.266. The second-order valence-corrected chi connectivity index (χ2v) is 4.41. The Hall–Kier alpha value is -1.59. The van der Waals surface area contributed by atoms with Crippen molar-refractivity contribution < 1.29 is 9.94 Å². The summed E-state index contributed by atoms with van der Waals surface area (Å²) < 4.78 is 5.10. The van der Waals surface area contributed by atoms with Crippen LogP contribution in [0.2, 0.25) is 0 Å². The predicted octanol–water partition coefficient (Wildman–Crippen LogP) is 1.31. The van der Waals surface area contributed by atoms with E-state index in [-0.39, 0.29) is 5.84 Å². The number of oxime groups is 1. The van der Waals surface area contributed by atoms with Crippen molar-refractivity contribution in [3.63, 3.8) is 0 Å². The minimum atomic E-state index is 0.266. The molecule has 1 aromatic carbocycles. The van der Waals surface area contributed by atoms with Gasteiger partial charge in [0.05, 0.1) is 6.61 Å². The summed E-state index contributed by atoms with van der Waals surface area (Å²) in [5, 5.41) is 11.5. The smallest absolute Gasteiger partial charge is 0.140 e. The Labute approximate surface area is 114 Å². The number of benzene rings is 1. The molecule has 19 heavy (non-hydrogen) atoms. The lowest BCUT2D eigenvalue weighted by Crippen LogP contribution is -2.33. The van der Waals surface area contributed by atoms with Crippen LogP contribution < -0.4 is 5.73 Å². The molecule has 0 saturated carbocycles. The van der Waals surface area contributed by atoms with Crippen LogP contribution in [0.4, 0.5) is 0 Å². The SMILES string of the molecule is COCCN(CCC(N)=NO)CCc1ccccc1. The maximum atomic E-state index is 8.55. The third kappa shape index (κ3) is 6.79. The number of nitrogens with zero attached hydrogens (tertiary/aromatic N) is 2. The van der Waals surface area contributed by atoms with Crippen LogP contribution in [0, 0.1) is 0 Å². The standard InChI is InChI=1S/C14H23N3O2/c1-19-12-11-17(10-8-14(15)16-18)9-7-13-5-3-2-4-6-13/h2-6,18H,7-12H2,1H3,(H2,15,16). The zero-order valence-corrected chi connectivity index (χ0v) is 11.5. The van der Waals surface area contributed by atoms with E-state index in [1.165, 1.54) is 5.56 Å². The van der Waals surface area contributed by atoms with Gasteiger partial charge in [-0.25, -0.2) is 0 Å². The summed E-state index contributed by atoms with van der Waals surface area (Å²) in [4.78, 5) is 2.26. The van der Waals surface area contributed by atoms with Crippen LogP contribution in [0.5, 0.6) is 0 Å². The van der Waals surface area contributed by atoms with E-state index in [9.17, 15) is 0 Å². The van der Waals surface area contributed by atoms with Crippen LogP contribution in [0.25, 0.3) is 0 Å². The average molecular weight is 265 g/mol. The maximum Gasteiger partial charge on any atom is 0.140 e. The molecule has 0 atom stereocenters. The molecule has 0 unspecified atom stereocenters. The number of hydrogen-bond donors (Lipinski definition) is 2. The van der Waals surface area contributed by atoms with Crippen LogP contribution >= 0.6 is 0 Å². The van der Waals surface area contributed by atoms with E-state index in [1.54, 1.807) is 7.11 Å². The van der Waals surface area contributed by atoms with Gasteiger partial charge in [0.25, 0.3) is 0 Å². The number of ether oxygens (including phenoxy) is 1. The molecule has 0 saturated heterocycles. The molecule has 1 aromatic rings. The minimum Gasteiger partial charge on any atom is -0.409 e. The molecule has 3 N–H and O–H groups in total. The summed E-state index contributed by atoms with van der Waals surface area (Å²) in [7, 11) is 1.69. The monoisotopic (exact) mass is 265 g/mol. The quantitative estimate of drug-likeness (QED) is 0.306. The second-order valence-electron chi connectivity index (χ2n) is 4.41. The lowest BCUT2D eigenvalue weighted by Gasteiger charge is -2.21. The summed E-state index contributed by atoms with van der Waals surface area (Å²) in [5.74, 6) is 0.266. The van der Waals surface area contributed by atoms with Crippen molar-refractivity contribution in [2.24, 2.45) is 10.9 Å². The highest BCUT2D eigenvalue weighted by molar-refractivity contribution is 5.79. The lowest BCUT2D eigenvalue weighted by molar-refractivity contribution is 0.150. The average Bonchev–Trinajstić information content (AvgIpc) is 2.47. The molecule has 1 rings (SSSR count). The molecular weight excluding hydrogens is 242 g/mol. The highest BCUT2D eigenvalue weighted by Gasteiger charge is 2.06. The largest absolute Gasteiger partial charge is 0.409 e. The predicted molar refractivity (Wildman–Crippen MR) is 76.5 cm³/mol. The van der Waals surface area contributed by atoms with Gasteiger partial charge in [0.2, 0.25) is 0 Å². The topological polar surface area (TPSA) is 71.1 Å². The Morgan fingerprint density at radius 2 is 2.00 bits per heavy atom.